The van der Waals surface area contributed by atoms with Crippen LogP contribution in [0.3, 0.4) is 0 Å². The summed E-state index contributed by atoms with van der Waals surface area (Å²) < 4.78 is 1.84. The molecule has 2 aromatic heterocycles. The van der Waals surface area contributed by atoms with Crippen molar-refractivity contribution >= 4 is 22.7 Å². The van der Waals surface area contributed by atoms with E-state index in [1.807, 2.05) is 11.5 Å². The molecule has 0 amide bonds. The average Bonchev–Trinajstić information content (AvgIpc) is 2.64. The summed E-state index contributed by atoms with van der Waals surface area (Å²) in [6.07, 6.45) is 3.07. The molecule has 0 fully saturated rings. The summed E-state index contributed by atoms with van der Waals surface area (Å²) in [6.45, 7) is 2.42. The van der Waals surface area contributed by atoms with Gasteiger partial charge in [0.25, 0.3) is 0 Å². The molecule has 0 aliphatic rings. The molecular formula is C9H12N6O. The van der Waals surface area contributed by atoms with Gasteiger partial charge < -0.3 is 15.1 Å². The number of anilines is 1. The molecular weight excluding hydrogens is 208 g/mol. The Balaban J connectivity index is 2.39. The first-order valence-electron chi connectivity index (χ1n) is 4.70. The second-order valence-corrected chi connectivity index (χ2v) is 3.31. The molecule has 2 heterocycles. The summed E-state index contributed by atoms with van der Waals surface area (Å²) in [5.74, 6) is 0.380. The molecule has 2 aromatic rings. The number of imidazole rings is 1. The summed E-state index contributed by atoms with van der Waals surface area (Å²) in [6, 6.07) is 0. The number of hydrogen-bond acceptors (Lipinski definition) is 6. The highest BCUT2D eigenvalue weighted by Gasteiger charge is 2.08. The van der Waals surface area contributed by atoms with Crippen molar-refractivity contribution in [3.05, 3.63) is 12.7 Å². The van der Waals surface area contributed by atoms with E-state index in [1.54, 1.807) is 6.33 Å². The molecule has 0 saturated carbocycles. The van der Waals surface area contributed by atoms with Crippen molar-refractivity contribution in [2.75, 3.05) is 12.8 Å². The summed E-state index contributed by atoms with van der Waals surface area (Å²) in [4.78, 5) is 16.8. The summed E-state index contributed by atoms with van der Waals surface area (Å²) >= 11 is 0. The molecule has 0 aliphatic carbocycles. The van der Waals surface area contributed by atoms with E-state index in [4.69, 9.17) is 5.73 Å². The number of fused-ring (bicyclic) bond motifs is 1. The summed E-state index contributed by atoms with van der Waals surface area (Å²) in [5, 5.41) is 3.82. The van der Waals surface area contributed by atoms with Crippen LogP contribution in [0.5, 0.6) is 0 Å². The lowest BCUT2D eigenvalue weighted by atomic mass is 10.4. The molecule has 0 bridgehead atoms. The predicted molar refractivity (Wildman–Crippen MR) is 59.9 cm³/mol. The highest BCUT2D eigenvalue weighted by atomic mass is 16.6. The number of hydrogen-bond donors (Lipinski definition) is 1. The van der Waals surface area contributed by atoms with Gasteiger partial charge in [0.2, 0.25) is 0 Å². The molecule has 0 saturated heterocycles. The molecule has 2 N–H and O–H groups in total. The molecule has 0 radical (unpaired) electrons. The van der Waals surface area contributed by atoms with E-state index in [2.05, 4.69) is 24.9 Å². The Morgan fingerprint density at radius 2 is 2.31 bits per heavy atom. The SMILES string of the molecule is CON=C(C)Cn1cnc2c(N)ncnc21. The van der Waals surface area contributed by atoms with Gasteiger partial charge in [0.1, 0.15) is 19.0 Å². The fourth-order valence-corrected chi connectivity index (χ4v) is 1.45. The van der Waals surface area contributed by atoms with Gasteiger partial charge in [0, 0.05) is 0 Å². The van der Waals surface area contributed by atoms with Gasteiger partial charge in [0.15, 0.2) is 11.5 Å². The maximum atomic E-state index is 5.68. The Morgan fingerprint density at radius 3 is 3.06 bits per heavy atom. The molecule has 2 rings (SSSR count). The normalized spacial score (nSPS) is 12.0. The van der Waals surface area contributed by atoms with Crippen molar-refractivity contribution in [2.45, 2.75) is 13.5 Å². The van der Waals surface area contributed by atoms with Crippen molar-refractivity contribution < 1.29 is 4.84 Å². The van der Waals surface area contributed by atoms with Gasteiger partial charge in [-0.05, 0) is 6.92 Å². The van der Waals surface area contributed by atoms with Crippen molar-refractivity contribution in [3.8, 4) is 0 Å². The van der Waals surface area contributed by atoms with E-state index in [9.17, 15) is 0 Å². The number of nitrogens with zero attached hydrogens (tertiary/aromatic N) is 5. The Bertz CT molecular complexity index is 532. The minimum atomic E-state index is 0.380. The number of oxime groups is 1. The highest BCUT2D eigenvalue weighted by Crippen LogP contribution is 2.13. The van der Waals surface area contributed by atoms with E-state index < -0.39 is 0 Å². The van der Waals surface area contributed by atoms with E-state index in [0.29, 0.717) is 23.5 Å². The van der Waals surface area contributed by atoms with Crippen LogP contribution in [0, 0.1) is 0 Å². The average molecular weight is 220 g/mol. The Labute approximate surface area is 92.0 Å². The lowest BCUT2D eigenvalue weighted by Gasteiger charge is -2.02. The second kappa shape index (κ2) is 4.13. The van der Waals surface area contributed by atoms with E-state index in [1.165, 1.54) is 13.4 Å². The second-order valence-electron chi connectivity index (χ2n) is 3.31. The summed E-state index contributed by atoms with van der Waals surface area (Å²) in [5.41, 5.74) is 7.79. The largest absolute Gasteiger partial charge is 0.399 e. The zero-order valence-electron chi connectivity index (χ0n) is 9.08. The van der Waals surface area contributed by atoms with Gasteiger partial charge in [-0.2, -0.15) is 0 Å². The number of rotatable bonds is 3. The van der Waals surface area contributed by atoms with Crippen LogP contribution in [-0.2, 0) is 11.4 Å². The zero-order chi connectivity index (χ0) is 11.5. The molecule has 84 valence electrons. The van der Waals surface area contributed by atoms with Crippen LogP contribution >= 0.6 is 0 Å². The van der Waals surface area contributed by atoms with E-state index in [-0.39, 0.29) is 0 Å². The topological polar surface area (TPSA) is 91.2 Å². The van der Waals surface area contributed by atoms with Crippen LogP contribution in [0.2, 0.25) is 0 Å². The van der Waals surface area contributed by atoms with Gasteiger partial charge >= 0.3 is 0 Å². The number of aromatic nitrogens is 4. The molecule has 16 heavy (non-hydrogen) atoms. The van der Waals surface area contributed by atoms with Gasteiger partial charge in [-0.25, -0.2) is 15.0 Å². The third-order valence-corrected chi connectivity index (χ3v) is 2.08. The molecule has 0 aromatic carbocycles. The molecule has 0 spiro atoms. The fourth-order valence-electron chi connectivity index (χ4n) is 1.45. The van der Waals surface area contributed by atoms with Gasteiger partial charge in [0.05, 0.1) is 18.6 Å². The third-order valence-electron chi connectivity index (χ3n) is 2.08. The standard InChI is InChI=1S/C9H12N6O/c1-6(14-16-2)3-15-5-13-7-8(10)11-4-12-9(7)15/h4-5H,3H2,1-2H3,(H2,10,11,12). The first kappa shape index (κ1) is 10.3. The van der Waals surface area contributed by atoms with E-state index >= 15 is 0 Å². The van der Waals surface area contributed by atoms with Crippen LogP contribution in [0.15, 0.2) is 17.8 Å². The predicted octanol–water partition coefficient (Wildman–Crippen LogP) is 0.431. The van der Waals surface area contributed by atoms with Crippen molar-refractivity contribution in [1.29, 1.82) is 0 Å². The molecule has 7 nitrogen and oxygen atoms in total. The van der Waals surface area contributed by atoms with Crippen LogP contribution < -0.4 is 5.73 Å². The van der Waals surface area contributed by atoms with Crippen molar-refractivity contribution in [2.24, 2.45) is 5.16 Å². The minimum Gasteiger partial charge on any atom is -0.399 e. The van der Waals surface area contributed by atoms with Crippen molar-refractivity contribution in [1.82, 2.24) is 19.5 Å². The highest BCUT2D eigenvalue weighted by molar-refractivity contribution is 5.85. The summed E-state index contributed by atoms with van der Waals surface area (Å²) in [7, 11) is 1.51. The Kier molecular flexibility index (Phi) is 2.67. The monoisotopic (exact) mass is 220 g/mol. The van der Waals surface area contributed by atoms with Crippen LogP contribution in [0.4, 0.5) is 5.82 Å². The zero-order valence-corrected chi connectivity index (χ0v) is 9.08. The molecule has 0 aliphatic heterocycles. The fraction of sp³-hybridized carbons (Fsp3) is 0.333. The van der Waals surface area contributed by atoms with Crippen LogP contribution in [0.1, 0.15) is 6.92 Å². The maximum absolute atomic E-state index is 5.68. The molecule has 0 unspecified atom stereocenters. The number of nitrogens with two attached hydrogens (primary N) is 1. The lowest BCUT2D eigenvalue weighted by Crippen LogP contribution is -2.07. The Hall–Kier alpha value is -2.18. The number of nitrogen functional groups attached to an aromatic ring is 1. The quantitative estimate of drug-likeness (QED) is 0.598. The van der Waals surface area contributed by atoms with Gasteiger partial charge in [-0.3, -0.25) is 0 Å². The first-order chi connectivity index (χ1) is 7.72. The van der Waals surface area contributed by atoms with Gasteiger partial charge in [-0.1, -0.05) is 5.16 Å². The van der Waals surface area contributed by atoms with Crippen LogP contribution in [0.25, 0.3) is 11.2 Å². The van der Waals surface area contributed by atoms with Crippen molar-refractivity contribution in [3.63, 3.8) is 0 Å². The smallest absolute Gasteiger partial charge is 0.165 e. The van der Waals surface area contributed by atoms with E-state index in [0.717, 1.165) is 5.71 Å². The molecule has 7 heteroatoms. The maximum Gasteiger partial charge on any atom is 0.165 e. The molecule has 0 atom stereocenters. The minimum absolute atomic E-state index is 0.380. The van der Waals surface area contributed by atoms with Gasteiger partial charge in [-0.15, -0.1) is 0 Å². The third kappa shape index (κ3) is 1.79. The lowest BCUT2D eigenvalue weighted by molar-refractivity contribution is 0.212. The first-order valence-corrected chi connectivity index (χ1v) is 4.70. The Morgan fingerprint density at radius 1 is 1.50 bits per heavy atom. The van der Waals surface area contributed by atoms with Crippen LogP contribution in [-0.4, -0.2) is 32.3 Å².